The van der Waals surface area contributed by atoms with E-state index in [-0.39, 0.29) is 0 Å². The second-order valence-corrected chi connectivity index (χ2v) is 5.31. The predicted octanol–water partition coefficient (Wildman–Crippen LogP) is 4.23. The van der Waals surface area contributed by atoms with Gasteiger partial charge >= 0.3 is 0 Å². The SMILES string of the molecule is Cc1cc(C)c(OCc2ccc(Br)cc2)cc1N. The van der Waals surface area contributed by atoms with E-state index in [0.29, 0.717) is 6.61 Å². The average molecular weight is 306 g/mol. The normalized spacial score (nSPS) is 10.4. The number of hydrogen-bond donors (Lipinski definition) is 1. The fourth-order valence-electron chi connectivity index (χ4n) is 1.75. The summed E-state index contributed by atoms with van der Waals surface area (Å²) in [5, 5.41) is 0. The van der Waals surface area contributed by atoms with Crippen LogP contribution in [0.25, 0.3) is 0 Å². The van der Waals surface area contributed by atoms with E-state index in [4.69, 9.17) is 10.5 Å². The van der Waals surface area contributed by atoms with E-state index in [0.717, 1.165) is 32.6 Å². The molecule has 0 aliphatic carbocycles. The van der Waals surface area contributed by atoms with Crippen LogP contribution in [0, 0.1) is 13.8 Å². The number of hydrogen-bond acceptors (Lipinski definition) is 2. The second kappa shape index (κ2) is 5.44. The Labute approximate surface area is 116 Å². The van der Waals surface area contributed by atoms with Gasteiger partial charge in [0.05, 0.1) is 0 Å². The summed E-state index contributed by atoms with van der Waals surface area (Å²) in [5.41, 5.74) is 9.99. The van der Waals surface area contributed by atoms with Crippen molar-refractivity contribution in [2.24, 2.45) is 0 Å². The minimum Gasteiger partial charge on any atom is -0.489 e. The Morgan fingerprint density at radius 3 is 2.39 bits per heavy atom. The summed E-state index contributed by atoms with van der Waals surface area (Å²) in [4.78, 5) is 0. The molecule has 2 rings (SSSR count). The third-order valence-corrected chi connectivity index (χ3v) is 3.40. The van der Waals surface area contributed by atoms with Crippen LogP contribution in [0.4, 0.5) is 5.69 Å². The number of aryl methyl sites for hydroxylation is 2. The molecule has 0 spiro atoms. The van der Waals surface area contributed by atoms with Crippen LogP contribution in [0.2, 0.25) is 0 Å². The first kappa shape index (κ1) is 13.0. The van der Waals surface area contributed by atoms with E-state index in [9.17, 15) is 0 Å². The van der Waals surface area contributed by atoms with E-state index >= 15 is 0 Å². The summed E-state index contributed by atoms with van der Waals surface area (Å²) in [6, 6.07) is 12.0. The van der Waals surface area contributed by atoms with Gasteiger partial charge in [0.15, 0.2) is 0 Å². The molecule has 0 fully saturated rings. The van der Waals surface area contributed by atoms with E-state index in [1.54, 1.807) is 0 Å². The molecule has 0 aliphatic heterocycles. The number of halogens is 1. The zero-order valence-corrected chi connectivity index (χ0v) is 12.1. The van der Waals surface area contributed by atoms with Crippen LogP contribution in [0.5, 0.6) is 5.75 Å². The minimum absolute atomic E-state index is 0.552. The molecule has 0 bridgehead atoms. The Morgan fingerprint density at radius 2 is 1.72 bits per heavy atom. The molecular formula is C15H16BrNO. The molecule has 0 unspecified atom stereocenters. The first-order chi connectivity index (χ1) is 8.56. The highest BCUT2D eigenvalue weighted by atomic mass is 79.9. The molecule has 0 amide bonds. The summed E-state index contributed by atoms with van der Waals surface area (Å²) in [6.07, 6.45) is 0. The summed E-state index contributed by atoms with van der Waals surface area (Å²) < 4.78 is 6.87. The van der Waals surface area contributed by atoms with Crippen LogP contribution >= 0.6 is 15.9 Å². The number of nitrogen functional groups attached to an aromatic ring is 1. The van der Waals surface area contributed by atoms with Gasteiger partial charge in [0.1, 0.15) is 12.4 Å². The first-order valence-electron chi connectivity index (χ1n) is 5.80. The molecule has 0 aliphatic rings. The monoisotopic (exact) mass is 305 g/mol. The average Bonchev–Trinajstić information content (AvgIpc) is 2.34. The molecule has 94 valence electrons. The highest BCUT2D eigenvalue weighted by molar-refractivity contribution is 9.10. The lowest BCUT2D eigenvalue weighted by molar-refractivity contribution is 0.304. The molecule has 3 heteroatoms. The predicted molar refractivity (Wildman–Crippen MR) is 78.8 cm³/mol. The maximum atomic E-state index is 5.89. The number of nitrogens with two attached hydrogens (primary N) is 1. The first-order valence-corrected chi connectivity index (χ1v) is 6.59. The largest absolute Gasteiger partial charge is 0.489 e. The van der Waals surface area contributed by atoms with Crippen LogP contribution in [-0.4, -0.2) is 0 Å². The lowest BCUT2D eigenvalue weighted by Crippen LogP contribution is -1.99. The van der Waals surface area contributed by atoms with Crippen molar-refractivity contribution in [1.29, 1.82) is 0 Å². The Kier molecular flexibility index (Phi) is 3.92. The van der Waals surface area contributed by atoms with Crippen molar-refractivity contribution < 1.29 is 4.74 Å². The van der Waals surface area contributed by atoms with Gasteiger partial charge in [-0.3, -0.25) is 0 Å². The fraction of sp³-hybridized carbons (Fsp3) is 0.200. The van der Waals surface area contributed by atoms with Gasteiger partial charge < -0.3 is 10.5 Å². The molecule has 18 heavy (non-hydrogen) atoms. The van der Waals surface area contributed by atoms with Gasteiger partial charge in [0.25, 0.3) is 0 Å². The van der Waals surface area contributed by atoms with Crippen LogP contribution in [0.1, 0.15) is 16.7 Å². The number of rotatable bonds is 3. The molecule has 0 atom stereocenters. The highest BCUT2D eigenvalue weighted by Crippen LogP contribution is 2.25. The summed E-state index contributed by atoms with van der Waals surface area (Å²) in [6.45, 7) is 4.58. The lowest BCUT2D eigenvalue weighted by Gasteiger charge is -2.11. The van der Waals surface area contributed by atoms with E-state index in [1.165, 1.54) is 0 Å². The Morgan fingerprint density at radius 1 is 1.06 bits per heavy atom. The van der Waals surface area contributed by atoms with Gasteiger partial charge in [0.2, 0.25) is 0 Å². The third kappa shape index (κ3) is 3.05. The highest BCUT2D eigenvalue weighted by Gasteiger charge is 2.04. The van der Waals surface area contributed by atoms with Crippen LogP contribution in [0.3, 0.4) is 0 Å². The maximum absolute atomic E-state index is 5.89. The van der Waals surface area contributed by atoms with Crippen molar-refractivity contribution in [3.8, 4) is 5.75 Å². The Bertz CT molecular complexity index is 549. The molecule has 2 aromatic rings. The number of benzene rings is 2. The van der Waals surface area contributed by atoms with E-state index < -0.39 is 0 Å². The van der Waals surface area contributed by atoms with Crippen LogP contribution < -0.4 is 10.5 Å². The number of anilines is 1. The third-order valence-electron chi connectivity index (χ3n) is 2.87. The molecule has 0 saturated heterocycles. The molecule has 0 heterocycles. The van der Waals surface area contributed by atoms with Crippen LogP contribution in [0.15, 0.2) is 40.9 Å². The van der Waals surface area contributed by atoms with Crippen molar-refractivity contribution in [3.63, 3.8) is 0 Å². The van der Waals surface area contributed by atoms with Gasteiger partial charge in [-0.05, 0) is 42.7 Å². The van der Waals surface area contributed by atoms with Crippen molar-refractivity contribution in [2.45, 2.75) is 20.5 Å². The molecule has 0 saturated carbocycles. The zero-order chi connectivity index (χ0) is 13.1. The summed E-state index contributed by atoms with van der Waals surface area (Å²) in [5.74, 6) is 0.848. The molecule has 2 nitrogen and oxygen atoms in total. The van der Waals surface area contributed by atoms with E-state index in [1.807, 2.05) is 50.2 Å². The number of ether oxygens (including phenoxy) is 1. The molecule has 0 aromatic heterocycles. The quantitative estimate of drug-likeness (QED) is 0.861. The topological polar surface area (TPSA) is 35.2 Å². The summed E-state index contributed by atoms with van der Waals surface area (Å²) in [7, 11) is 0. The molecule has 2 aromatic carbocycles. The summed E-state index contributed by atoms with van der Waals surface area (Å²) >= 11 is 3.41. The van der Waals surface area contributed by atoms with Gasteiger partial charge in [-0.2, -0.15) is 0 Å². The minimum atomic E-state index is 0.552. The van der Waals surface area contributed by atoms with Crippen molar-refractivity contribution in [3.05, 3.63) is 57.6 Å². The molecule has 0 radical (unpaired) electrons. The fourth-order valence-corrected chi connectivity index (χ4v) is 2.01. The second-order valence-electron chi connectivity index (χ2n) is 4.39. The standard InChI is InChI=1S/C15H16BrNO/c1-10-7-11(2)15(8-14(10)17)18-9-12-3-5-13(16)6-4-12/h3-8H,9,17H2,1-2H3. The van der Waals surface area contributed by atoms with E-state index in [2.05, 4.69) is 15.9 Å². The van der Waals surface area contributed by atoms with Gasteiger partial charge in [-0.15, -0.1) is 0 Å². The van der Waals surface area contributed by atoms with Crippen molar-refractivity contribution in [2.75, 3.05) is 5.73 Å². The maximum Gasteiger partial charge on any atom is 0.124 e. The van der Waals surface area contributed by atoms with Crippen molar-refractivity contribution >= 4 is 21.6 Å². The Balaban J connectivity index is 2.10. The zero-order valence-electron chi connectivity index (χ0n) is 10.5. The van der Waals surface area contributed by atoms with Crippen LogP contribution in [-0.2, 0) is 6.61 Å². The molecule has 2 N–H and O–H groups in total. The Hall–Kier alpha value is -1.48. The van der Waals surface area contributed by atoms with Crippen molar-refractivity contribution in [1.82, 2.24) is 0 Å². The lowest BCUT2D eigenvalue weighted by atomic mass is 10.1. The van der Waals surface area contributed by atoms with Gasteiger partial charge in [0, 0.05) is 16.2 Å². The van der Waals surface area contributed by atoms with Gasteiger partial charge in [-0.25, -0.2) is 0 Å². The molecular weight excluding hydrogens is 290 g/mol. The van der Waals surface area contributed by atoms with Gasteiger partial charge in [-0.1, -0.05) is 34.1 Å². The smallest absolute Gasteiger partial charge is 0.124 e.